The Hall–Kier alpha value is -0.960. The normalized spacial score (nSPS) is 12.2. The van der Waals surface area contributed by atoms with Gasteiger partial charge in [0.05, 0.1) is 6.20 Å². The quantitative estimate of drug-likeness (QED) is 0.592. The molecule has 1 heterocycles. The van der Waals surface area contributed by atoms with E-state index in [1.165, 1.54) is 6.20 Å². The summed E-state index contributed by atoms with van der Waals surface area (Å²) in [5.41, 5.74) is 5.94. The fourth-order valence-corrected chi connectivity index (χ4v) is 2.79. The van der Waals surface area contributed by atoms with E-state index in [0.29, 0.717) is 18.7 Å². The van der Waals surface area contributed by atoms with Gasteiger partial charge >= 0.3 is 0 Å². The molecule has 0 radical (unpaired) electrons. The standard InChI is InChI=1S/C10H21N5O2S/c1-3-15(4-2)6-5-13-18(16,17)10-9(7-11)8-12-14-10/h8,13H,3-7,11H2,1-2H3,(H,12,14). The Morgan fingerprint density at radius 1 is 1.44 bits per heavy atom. The van der Waals surface area contributed by atoms with Crippen molar-refractivity contribution in [2.24, 2.45) is 5.73 Å². The predicted octanol–water partition coefficient (Wildman–Crippen LogP) is -0.511. The van der Waals surface area contributed by atoms with E-state index < -0.39 is 10.0 Å². The minimum absolute atomic E-state index is 0.0598. The number of likely N-dealkylation sites (N-methyl/N-ethyl adjacent to an activating group) is 1. The van der Waals surface area contributed by atoms with Gasteiger partial charge in [-0.25, -0.2) is 13.1 Å². The lowest BCUT2D eigenvalue weighted by molar-refractivity contribution is 0.309. The van der Waals surface area contributed by atoms with Crippen molar-refractivity contribution in [3.63, 3.8) is 0 Å². The van der Waals surface area contributed by atoms with Crippen LogP contribution in [0.4, 0.5) is 0 Å². The number of nitrogens with two attached hydrogens (primary N) is 1. The van der Waals surface area contributed by atoms with Gasteiger partial charge in [-0.15, -0.1) is 0 Å². The topological polar surface area (TPSA) is 104 Å². The van der Waals surface area contributed by atoms with Crippen LogP contribution in [-0.4, -0.2) is 49.7 Å². The van der Waals surface area contributed by atoms with Crippen LogP contribution in [0, 0.1) is 0 Å². The van der Waals surface area contributed by atoms with Gasteiger partial charge in [0.25, 0.3) is 10.0 Å². The van der Waals surface area contributed by atoms with E-state index in [2.05, 4.69) is 19.8 Å². The molecule has 0 aromatic carbocycles. The van der Waals surface area contributed by atoms with Crippen LogP contribution >= 0.6 is 0 Å². The summed E-state index contributed by atoms with van der Waals surface area (Å²) in [6.07, 6.45) is 1.43. The molecule has 0 saturated carbocycles. The molecule has 104 valence electrons. The maximum Gasteiger partial charge on any atom is 0.257 e. The molecule has 0 atom stereocenters. The number of aromatic amines is 1. The highest BCUT2D eigenvalue weighted by atomic mass is 32.2. The van der Waals surface area contributed by atoms with Gasteiger partial charge < -0.3 is 10.6 Å². The Morgan fingerprint density at radius 3 is 2.67 bits per heavy atom. The molecule has 18 heavy (non-hydrogen) atoms. The van der Waals surface area contributed by atoms with Crippen LogP contribution in [0.15, 0.2) is 11.2 Å². The highest BCUT2D eigenvalue weighted by molar-refractivity contribution is 7.89. The van der Waals surface area contributed by atoms with Crippen molar-refractivity contribution in [1.82, 2.24) is 19.8 Å². The molecule has 0 aliphatic rings. The zero-order valence-corrected chi connectivity index (χ0v) is 11.6. The largest absolute Gasteiger partial charge is 0.326 e. The second-order valence-electron chi connectivity index (χ2n) is 3.85. The zero-order valence-electron chi connectivity index (χ0n) is 10.8. The molecule has 0 aliphatic heterocycles. The molecule has 1 aromatic rings. The Balaban J connectivity index is 2.61. The zero-order chi connectivity index (χ0) is 13.6. The summed E-state index contributed by atoms with van der Waals surface area (Å²) < 4.78 is 26.5. The van der Waals surface area contributed by atoms with E-state index in [0.717, 1.165) is 13.1 Å². The molecule has 0 unspecified atom stereocenters. The van der Waals surface area contributed by atoms with E-state index in [4.69, 9.17) is 5.73 Å². The predicted molar refractivity (Wildman–Crippen MR) is 69.5 cm³/mol. The van der Waals surface area contributed by atoms with Gasteiger partial charge in [0.2, 0.25) is 0 Å². The second kappa shape index (κ2) is 6.83. The summed E-state index contributed by atoms with van der Waals surface area (Å²) in [5.74, 6) is 0. The fourth-order valence-electron chi connectivity index (χ4n) is 1.63. The Morgan fingerprint density at radius 2 is 2.11 bits per heavy atom. The number of rotatable bonds is 8. The summed E-state index contributed by atoms with van der Waals surface area (Å²) in [4.78, 5) is 2.14. The van der Waals surface area contributed by atoms with Crippen LogP contribution in [0.3, 0.4) is 0 Å². The lowest BCUT2D eigenvalue weighted by Crippen LogP contribution is -2.35. The minimum atomic E-state index is -3.55. The highest BCUT2D eigenvalue weighted by Crippen LogP contribution is 2.10. The SMILES string of the molecule is CCN(CC)CCNS(=O)(=O)c1[nH]ncc1CN. The molecule has 0 aliphatic carbocycles. The molecule has 0 amide bonds. The van der Waals surface area contributed by atoms with E-state index in [1.54, 1.807) is 0 Å². The second-order valence-corrected chi connectivity index (χ2v) is 5.56. The van der Waals surface area contributed by atoms with Crippen molar-refractivity contribution in [3.8, 4) is 0 Å². The molecular weight excluding hydrogens is 254 g/mol. The van der Waals surface area contributed by atoms with Crippen molar-refractivity contribution < 1.29 is 8.42 Å². The summed E-state index contributed by atoms with van der Waals surface area (Å²) in [6.45, 7) is 7.07. The van der Waals surface area contributed by atoms with Gasteiger partial charge in [0.15, 0.2) is 5.03 Å². The average Bonchev–Trinajstić information content (AvgIpc) is 2.83. The fraction of sp³-hybridized carbons (Fsp3) is 0.700. The number of nitrogens with one attached hydrogen (secondary N) is 2. The van der Waals surface area contributed by atoms with Gasteiger partial charge in [-0.1, -0.05) is 13.8 Å². The van der Waals surface area contributed by atoms with Crippen LogP contribution in [0.2, 0.25) is 0 Å². The number of nitrogens with zero attached hydrogens (tertiary/aromatic N) is 2. The Labute approximate surface area is 108 Å². The number of H-pyrrole nitrogens is 1. The third-order valence-corrected chi connectivity index (χ3v) is 4.26. The Kier molecular flexibility index (Phi) is 5.73. The molecule has 0 fully saturated rings. The van der Waals surface area contributed by atoms with E-state index in [1.807, 2.05) is 13.8 Å². The van der Waals surface area contributed by atoms with E-state index >= 15 is 0 Å². The van der Waals surface area contributed by atoms with Crippen molar-refractivity contribution in [1.29, 1.82) is 0 Å². The number of hydrogen-bond acceptors (Lipinski definition) is 5. The third kappa shape index (κ3) is 3.77. The molecular formula is C10H21N5O2S. The van der Waals surface area contributed by atoms with E-state index in [-0.39, 0.29) is 11.6 Å². The maximum atomic E-state index is 12.0. The summed E-state index contributed by atoms with van der Waals surface area (Å²) in [6, 6.07) is 0. The van der Waals surface area contributed by atoms with Crippen LogP contribution in [0.1, 0.15) is 19.4 Å². The first-order chi connectivity index (χ1) is 8.55. The molecule has 0 spiro atoms. The minimum Gasteiger partial charge on any atom is -0.326 e. The monoisotopic (exact) mass is 275 g/mol. The first kappa shape index (κ1) is 15.1. The van der Waals surface area contributed by atoms with Crippen LogP contribution in [-0.2, 0) is 16.6 Å². The lowest BCUT2D eigenvalue weighted by Gasteiger charge is -2.17. The molecule has 1 aromatic heterocycles. The smallest absolute Gasteiger partial charge is 0.257 e. The molecule has 0 saturated heterocycles. The number of hydrogen-bond donors (Lipinski definition) is 3. The van der Waals surface area contributed by atoms with Crippen LogP contribution in [0.5, 0.6) is 0 Å². The van der Waals surface area contributed by atoms with Gasteiger partial charge in [-0.3, -0.25) is 5.10 Å². The molecule has 0 bridgehead atoms. The number of sulfonamides is 1. The van der Waals surface area contributed by atoms with Crippen LogP contribution < -0.4 is 10.5 Å². The highest BCUT2D eigenvalue weighted by Gasteiger charge is 2.19. The molecule has 7 nitrogen and oxygen atoms in total. The van der Waals surface area contributed by atoms with Crippen LogP contribution in [0.25, 0.3) is 0 Å². The Bertz CT molecular complexity index is 453. The summed E-state index contributed by atoms with van der Waals surface area (Å²) in [7, 11) is -3.55. The molecule has 1 rings (SSSR count). The summed E-state index contributed by atoms with van der Waals surface area (Å²) >= 11 is 0. The van der Waals surface area contributed by atoms with Crippen molar-refractivity contribution in [2.45, 2.75) is 25.4 Å². The number of aromatic nitrogens is 2. The lowest BCUT2D eigenvalue weighted by atomic mass is 10.4. The van der Waals surface area contributed by atoms with Crippen molar-refractivity contribution >= 4 is 10.0 Å². The van der Waals surface area contributed by atoms with Crippen molar-refractivity contribution in [2.75, 3.05) is 26.2 Å². The first-order valence-corrected chi connectivity index (χ1v) is 7.47. The third-order valence-electron chi connectivity index (χ3n) is 2.78. The summed E-state index contributed by atoms with van der Waals surface area (Å²) in [5, 5.41) is 6.23. The van der Waals surface area contributed by atoms with Gasteiger partial charge in [0, 0.05) is 25.2 Å². The van der Waals surface area contributed by atoms with Gasteiger partial charge in [0.1, 0.15) is 0 Å². The van der Waals surface area contributed by atoms with E-state index in [9.17, 15) is 8.42 Å². The van der Waals surface area contributed by atoms with Crippen molar-refractivity contribution in [3.05, 3.63) is 11.8 Å². The van der Waals surface area contributed by atoms with Gasteiger partial charge in [-0.2, -0.15) is 5.10 Å². The first-order valence-electron chi connectivity index (χ1n) is 5.99. The maximum absolute atomic E-state index is 12.0. The molecule has 4 N–H and O–H groups in total. The van der Waals surface area contributed by atoms with Gasteiger partial charge in [-0.05, 0) is 13.1 Å². The molecule has 8 heteroatoms. The average molecular weight is 275 g/mol.